The lowest BCUT2D eigenvalue weighted by molar-refractivity contribution is -0.0366. The number of nitrogens with zero attached hydrogens (tertiary/aromatic N) is 5. The minimum atomic E-state index is -1.09. The maximum absolute atomic E-state index is 14.0. The van der Waals surface area contributed by atoms with Gasteiger partial charge in [-0.15, -0.1) is 0 Å². The van der Waals surface area contributed by atoms with Crippen LogP contribution in [0.15, 0.2) is 65.8 Å². The van der Waals surface area contributed by atoms with Gasteiger partial charge in [-0.1, -0.05) is 30.3 Å². The minimum Gasteiger partial charge on any atom is -0.388 e. The monoisotopic (exact) mass is 451 g/mol. The Morgan fingerprint density at radius 3 is 2.55 bits per heavy atom. The summed E-state index contributed by atoms with van der Waals surface area (Å²) in [5.74, 6) is -1.70. The molecular weight excluding hydrogens is 428 g/mol. The first-order chi connectivity index (χ1) is 15.9. The molecule has 0 radical (unpaired) electrons. The van der Waals surface area contributed by atoms with Crippen LogP contribution in [-0.2, 0) is 13.1 Å². The highest BCUT2D eigenvalue weighted by atomic mass is 19.2. The molecular formula is C24H23F2N5O2. The van der Waals surface area contributed by atoms with Gasteiger partial charge in [-0.05, 0) is 31.0 Å². The van der Waals surface area contributed by atoms with Crippen LogP contribution in [0.3, 0.4) is 0 Å². The molecule has 0 atom stereocenters. The average Bonchev–Trinajstić information content (AvgIpc) is 3.26. The first-order valence-electron chi connectivity index (χ1n) is 10.8. The molecule has 170 valence electrons. The third kappa shape index (κ3) is 4.17. The quantitative estimate of drug-likeness (QED) is 0.505. The average molecular weight is 451 g/mol. The Morgan fingerprint density at radius 2 is 1.79 bits per heavy atom. The smallest absolute Gasteiger partial charge is 0.264 e. The normalized spacial score (nSPS) is 16.3. The van der Waals surface area contributed by atoms with Crippen LogP contribution >= 0.6 is 0 Å². The number of fused-ring (bicyclic) bond motifs is 1. The zero-order chi connectivity index (χ0) is 23.0. The summed E-state index contributed by atoms with van der Waals surface area (Å²) in [7, 11) is 0. The molecule has 0 unspecified atom stereocenters. The molecule has 33 heavy (non-hydrogen) atoms. The van der Waals surface area contributed by atoms with Gasteiger partial charge in [0.2, 0.25) is 0 Å². The highest BCUT2D eigenvalue weighted by Gasteiger charge is 2.33. The van der Waals surface area contributed by atoms with Gasteiger partial charge in [0, 0.05) is 25.2 Å². The Kier molecular flexibility index (Phi) is 5.51. The van der Waals surface area contributed by atoms with E-state index in [-0.39, 0.29) is 18.6 Å². The number of aromatic nitrogens is 4. The fraction of sp³-hybridized carbons (Fsp3) is 0.292. The lowest BCUT2D eigenvalue weighted by Crippen LogP contribution is -2.47. The number of halogens is 2. The number of hydrogen-bond acceptors (Lipinski definition) is 5. The van der Waals surface area contributed by atoms with E-state index in [0.717, 1.165) is 11.8 Å². The zero-order valence-corrected chi connectivity index (χ0v) is 17.9. The van der Waals surface area contributed by atoms with E-state index in [1.165, 1.54) is 23.2 Å². The molecule has 0 saturated carbocycles. The number of aliphatic hydroxyl groups is 1. The molecule has 3 heterocycles. The van der Waals surface area contributed by atoms with Crippen molar-refractivity contribution >= 4 is 11.0 Å². The van der Waals surface area contributed by atoms with Crippen LogP contribution in [0.5, 0.6) is 0 Å². The predicted molar refractivity (Wildman–Crippen MR) is 119 cm³/mol. The van der Waals surface area contributed by atoms with Crippen LogP contribution in [0.2, 0.25) is 0 Å². The van der Waals surface area contributed by atoms with Crippen molar-refractivity contribution in [3.05, 3.63) is 88.6 Å². The molecule has 0 aliphatic carbocycles. The molecule has 2 aromatic carbocycles. The molecule has 9 heteroatoms. The standard InChI is InChI=1S/C24H23F2N5O2/c25-20-8-4-5-17(21(20)26)14-29-11-9-24(33,10-12-29)15-30-16-27-22-19(23(30)32)13-28-31(22)18-6-2-1-3-7-18/h1-8,13,16,33H,9-12,14-15H2. The van der Waals surface area contributed by atoms with Crippen molar-refractivity contribution in [2.24, 2.45) is 0 Å². The van der Waals surface area contributed by atoms with E-state index in [4.69, 9.17) is 0 Å². The van der Waals surface area contributed by atoms with Gasteiger partial charge in [-0.3, -0.25) is 14.3 Å². The largest absolute Gasteiger partial charge is 0.388 e. The van der Waals surface area contributed by atoms with Crippen molar-refractivity contribution < 1.29 is 13.9 Å². The molecule has 5 rings (SSSR count). The summed E-state index contributed by atoms with van der Waals surface area (Å²) in [5.41, 5.74) is 0.201. The lowest BCUT2D eigenvalue weighted by atomic mass is 9.91. The number of benzene rings is 2. The van der Waals surface area contributed by atoms with Crippen molar-refractivity contribution in [1.82, 2.24) is 24.2 Å². The fourth-order valence-electron chi connectivity index (χ4n) is 4.33. The van der Waals surface area contributed by atoms with Gasteiger partial charge in [-0.25, -0.2) is 18.4 Å². The second-order valence-electron chi connectivity index (χ2n) is 8.52. The van der Waals surface area contributed by atoms with E-state index in [2.05, 4.69) is 10.1 Å². The molecule has 1 aliphatic rings. The van der Waals surface area contributed by atoms with E-state index in [1.54, 1.807) is 10.7 Å². The molecule has 1 fully saturated rings. The summed E-state index contributed by atoms with van der Waals surface area (Å²) < 4.78 is 30.5. The Labute approximate surface area is 188 Å². The van der Waals surface area contributed by atoms with Gasteiger partial charge in [0.05, 0.1) is 24.0 Å². The van der Waals surface area contributed by atoms with Crippen LogP contribution in [0, 0.1) is 11.6 Å². The molecule has 2 aromatic heterocycles. The molecule has 4 aromatic rings. The number of likely N-dealkylation sites (tertiary alicyclic amines) is 1. The van der Waals surface area contributed by atoms with Crippen molar-refractivity contribution in [2.45, 2.75) is 31.5 Å². The summed E-state index contributed by atoms with van der Waals surface area (Å²) in [6.45, 7) is 1.38. The zero-order valence-electron chi connectivity index (χ0n) is 17.9. The summed E-state index contributed by atoms with van der Waals surface area (Å²) >= 11 is 0. The predicted octanol–water partition coefficient (Wildman–Crippen LogP) is 2.89. The molecule has 0 spiro atoms. The first kappa shape index (κ1) is 21.4. The van der Waals surface area contributed by atoms with Crippen LogP contribution < -0.4 is 5.56 Å². The van der Waals surface area contributed by atoms with Gasteiger partial charge in [0.1, 0.15) is 11.7 Å². The summed E-state index contributed by atoms with van der Waals surface area (Å²) in [6, 6.07) is 13.6. The second kappa shape index (κ2) is 8.49. The van der Waals surface area contributed by atoms with E-state index < -0.39 is 17.2 Å². The molecule has 1 aliphatic heterocycles. The first-order valence-corrected chi connectivity index (χ1v) is 10.8. The van der Waals surface area contributed by atoms with Crippen molar-refractivity contribution in [3.63, 3.8) is 0 Å². The SMILES string of the molecule is O=c1c2cnn(-c3ccccc3)c2ncn1CC1(O)CCN(Cc2cccc(F)c2F)CC1. The van der Waals surface area contributed by atoms with Crippen LogP contribution in [0.25, 0.3) is 16.7 Å². The number of piperidine rings is 1. The Bertz CT molecular complexity index is 1340. The Hall–Kier alpha value is -3.43. The number of rotatable bonds is 5. The van der Waals surface area contributed by atoms with E-state index in [0.29, 0.717) is 42.5 Å². The Morgan fingerprint density at radius 1 is 1.03 bits per heavy atom. The van der Waals surface area contributed by atoms with Gasteiger partial charge in [0.15, 0.2) is 17.3 Å². The second-order valence-corrected chi connectivity index (χ2v) is 8.52. The lowest BCUT2D eigenvalue weighted by Gasteiger charge is -2.38. The van der Waals surface area contributed by atoms with Gasteiger partial charge in [0.25, 0.3) is 5.56 Å². The Balaban J connectivity index is 1.30. The number of hydrogen-bond donors (Lipinski definition) is 1. The van der Waals surface area contributed by atoms with Crippen LogP contribution in [-0.4, -0.2) is 48.0 Å². The van der Waals surface area contributed by atoms with Crippen LogP contribution in [0.1, 0.15) is 18.4 Å². The number of para-hydroxylation sites is 1. The molecule has 1 saturated heterocycles. The van der Waals surface area contributed by atoms with Crippen molar-refractivity contribution in [2.75, 3.05) is 13.1 Å². The maximum atomic E-state index is 14.0. The third-order valence-electron chi connectivity index (χ3n) is 6.23. The summed E-state index contributed by atoms with van der Waals surface area (Å²) in [6.07, 6.45) is 3.74. The molecule has 0 amide bonds. The molecule has 1 N–H and O–H groups in total. The van der Waals surface area contributed by atoms with Gasteiger partial charge in [-0.2, -0.15) is 5.10 Å². The maximum Gasteiger partial charge on any atom is 0.264 e. The van der Waals surface area contributed by atoms with Crippen molar-refractivity contribution in [3.8, 4) is 5.69 Å². The molecule has 7 nitrogen and oxygen atoms in total. The highest BCUT2D eigenvalue weighted by molar-refractivity contribution is 5.74. The summed E-state index contributed by atoms with van der Waals surface area (Å²) in [4.78, 5) is 19.4. The van der Waals surface area contributed by atoms with Crippen LogP contribution in [0.4, 0.5) is 8.78 Å². The topological polar surface area (TPSA) is 76.2 Å². The van der Waals surface area contributed by atoms with Gasteiger partial charge < -0.3 is 5.11 Å². The minimum absolute atomic E-state index is 0.105. The third-order valence-corrected chi connectivity index (χ3v) is 6.23. The van der Waals surface area contributed by atoms with Gasteiger partial charge >= 0.3 is 0 Å². The van der Waals surface area contributed by atoms with E-state index in [1.807, 2.05) is 35.2 Å². The molecule has 0 bridgehead atoms. The van der Waals surface area contributed by atoms with Crippen molar-refractivity contribution in [1.29, 1.82) is 0 Å². The van der Waals surface area contributed by atoms with E-state index in [9.17, 15) is 18.7 Å². The van der Waals surface area contributed by atoms with E-state index >= 15 is 0 Å². The highest BCUT2D eigenvalue weighted by Crippen LogP contribution is 2.26. The summed E-state index contributed by atoms with van der Waals surface area (Å²) in [5, 5.41) is 15.8. The fourth-order valence-corrected chi connectivity index (χ4v) is 4.33.